The Kier molecular flexibility index (Phi) is 7.32. The maximum Gasteiger partial charge on any atom is 0.282 e. The van der Waals surface area contributed by atoms with Gasteiger partial charge in [0, 0.05) is 13.1 Å². The van der Waals surface area contributed by atoms with Gasteiger partial charge in [0.1, 0.15) is 17.4 Å². The summed E-state index contributed by atoms with van der Waals surface area (Å²) in [7, 11) is 2.00. The van der Waals surface area contributed by atoms with Crippen molar-refractivity contribution < 1.29 is 9.53 Å². The topological polar surface area (TPSA) is 67.4 Å². The lowest BCUT2D eigenvalue weighted by atomic mass is 10.1. The molecular formula is C22H26N4O2S. The molecule has 3 rings (SSSR count). The van der Waals surface area contributed by atoms with Crippen LogP contribution in [0.25, 0.3) is 0 Å². The summed E-state index contributed by atoms with van der Waals surface area (Å²) in [6, 6.07) is 16.1. The van der Waals surface area contributed by atoms with E-state index in [0.29, 0.717) is 24.7 Å². The van der Waals surface area contributed by atoms with Crippen molar-refractivity contribution in [3.8, 4) is 5.75 Å². The maximum absolute atomic E-state index is 12.3. The number of aryl methyl sites for hydroxylation is 2. The van der Waals surface area contributed by atoms with Gasteiger partial charge in [-0.25, -0.2) is 0 Å². The lowest BCUT2D eigenvalue weighted by molar-refractivity contribution is 0.0950. The Morgan fingerprint density at radius 1 is 1.03 bits per heavy atom. The fraction of sp³-hybridized carbons (Fsp3) is 0.318. The Hall–Kier alpha value is -2.77. The molecule has 7 heteroatoms. The van der Waals surface area contributed by atoms with Gasteiger partial charge in [-0.1, -0.05) is 58.9 Å². The number of carbonyl (C=O) groups excluding carboxylic acids is 1. The fourth-order valence-electron chi connectivity index (χ4n) is 2.64. The van der Waals surface area contributed by atoms with Crippen molar-refractivity contribution in [2.75, 3.05) is 20.2 Å². The molecule has 0 atom stereocenters. The van der Waals surface area contributed by atoms with Crippen LogP contribution in [0, 0.1) is 13.8 Å². The van der Waals surface area contributed by atoms with Crippen molar-refractivity contribution in [2.45, 2.75) is 26.9 Å². The third-order valence-corrected chi connectivity index (χ3v) is 5.31. The van der Waals surface area contributed by atoms with Gasteiger partial charge >= 0.3 is 0 Å². The van der Waals surface area contributed by atoms with E-state index in [0.717, 1.165) is 22.9 Å². The number of rotatable bonds is 9. The lowest BCUT2D eigenvalue weighted by Gasteiger charge is -2.15. The number of carbonyl (C=O) groups is 1. The molecule has 0 saturated heterocycles. The van der Waals surface area contributed by atoms with Crippen molar-refractivity contribution in [1.82, 2.24) is 20.4 Å². The molecule has 1 heterocycles. The van der Waals surface area contributed by atoms with Gasteiger partial charge in [0.25, 0.3) is 5.91 Å². The second-order valence-electron chi connectivity index (χ2n) is 7.07. The Labute approximate surface area is 175 Å². The zero-order valence-corrected chi connectivity index (χ0v) is 17.8. The van der Waals surface area contributed by atoms with Gasteiger partial charge in [0.2, 0.25) is 5.01 Å². The van der Waals surface area contributed by atoms with E-state index in [1.54, 1.807) is 0 Å². The van der Waals surface area contributed by atoms with Gasteiger partial charge in [-0.15, -0.1) is 10.2 Å². The van der Waals surface area contributed by atoms with Gasteiger partial charge in [-0.05, 0) is 38.6 Å². The van der Waals surface area contributed by atoms with Crippen LogP contribution >= 0.6 is 11.3 Å². The van der Waals surface area contributed by atoms with Crippen LogP contribution in [0.1, 0.15) is 31.5 Å². The molecule has 152 valence electrons. The summed E-state index contributed by atoms with van der Waals surface area (Å²) in [6.45, 7) is 6.53. The minimum Gasteiger partial charge on any atom is -0.492 e. The van der Waals surface area contributed by atoms with E-state index in [2.05, 4.69) is 27.3 Å². The third-order valence-electron chi connectivity index (χ3n) is 4.40. The lowest BCUT2D eigenvalue weighted by Crippen LogP contribution is -2.23. The molecule has 0 saturated carbocycles. The van der Waals surface area contributed by atoms with E-state index in [9.17, 15) is 4.79 Å². The van der Waals surface area contributed by atoms with Gasteiger partial charge in [0.05, 0.1) is 6.54 Å². The predicted octanol–water partition coefficient (Wildman–Crippen LogP) is 3.60. The Balaban J connectivity index is 1.42. The Bertz CT molecular complexity index is 923. The summed E-state index contributed by atoms with van der Waals surface area (Å²) in [6.07, 6.45) is 0. The van der Waals surface area contributed by atoms with Gasteiger partial charge in [-0.3, -0.25) is 9.69 Å². The van der Waals surface area contributed by atoms with Gasteiger partial charge in [-0.2, -0.15) is 0 Å². The molecule has 1 aromatic heterocycles. The van der Waals surface area contributed by atoms with E-state index in [-0.39, 0.29) is 5.91 Å². The number of hydrogen-bond acceptors (Lipinski definition) is 6. The van der Waals surface area contributed by atoms with Gasteiger partial charge < -0.3 is 10.1 Å². The molecule has 0 bridgehead atoms. The summed E-state index contributed by atoms with van der Waals surface area (Å²) in [5, 5.41) is 12.3. The molecule has 6 nitrogen and oxygen atoms in total. The van der Waals surface area contributed by atoms with Crippen molar-refractivity contribution in [2.24, 2.45) is 0 Å². The zero-order chi connectivity index (χ0) is 20.6. The number of amides is 1. The monoisotopic (exact) mass is 410 g/mol. The molecule has 0 aliphatic rings. The molecule has 0 radical (unpaired) electrons. The van der Waals surface area contributed by atoms with E-state index < -0.39 is 0 Å². The molecule has 0 unspecified atom stereocenters. The Morgan fingerprint density at radius 3 is 2.38 bits per heavy atom. The van der Waals surface area contributed by atoms with Crippen LogP contribution in [-0.4, -0.2) is 41.2 Å². The predicted molar refractivity (Wildman–Crippen MR) is 115 cm³/mol. The van der Waals surface area contributed by atoms with Crippen LogP contribution in [0.2, 0.25) is 0 Å². The first-order valence-corrected chi connectivity index (χ1v) is 10.4. The average Bonchev–Trinajstić information content (AvgIpc) is 3.17. The van der Waals surface area contributed by atoms with Crippen LogP contribution in [-0.2, 0) is 13.1 Å². The van der Waals surface area contributed by atoms with E-state index in [4.69, 9.17) is 4.74 Å². The molecule has 0 aliphatic carbocycles. The summed E-state index contributed by atoms with van der Waals surface area (Å²) in [5.74, 6) is 0.673. The summed E-state index contributed by atoms with van der Waals surface area (Å²) in [4.78, 5) is 14.4. The number of likely N-dealkylation sites (N-methyl/N-ethyl adjacent to an activating group) is 1. The van der Waals surface area contributed by atoms with E-state index in [1.165, 1.54) is 22.5 Å². The molecule has 2 aromatic carbocycles. The fourth-order valence-corrected chi connectivity index (χ4v) is 3.47. The number of hydrogen-bond donors (Lipinski definition) is 1. The number of aromatic nitrogens is 2. The number of nitrogens with zero attached hydrogens (tertiary/aromatic N) is 3. The first kappa shape index (κ1) is 21.0. The van der Waals surface area contributed by atoms with Crippen molar-refractivity contribution in [1.29, 1.82) is 0 Å². The number of ether oxygens (including phenoxy) is 1. The minimum atomic E-state index is -0.195. The summed E-state index contributed by atoms with van der Waals surface area (Å²) >= 11 is 1.32. The second kappa shape index (κ2) is 10.1. The smallest absolute Gasteiger partial charge is 0.282 e. The summed E-state index contributed by atoms with van der Waals surface area (Å²) < 4.78 is 5.76. The first-order chi connectivity index (χ1) is 14.0. The quantitative estimate of drug-likeness (QED) is 0.584. The largest absolute Gasteiger partial charge is 0.492 e. The standard InChI is InChI=1S/C22H26N4O2S/c1-16-4-8-18(9-5-16)14-23-21(27)22-25-24-20(29-22)15-26(3)12-13-28-19-10-6-17(2)7-11-19/h4-11H,12-15H2,1-3H3,(H,23,27). The molecule has 1 amide bonds. The zero-order valence-electron chi connectivity index (χ0n) is 17.0. The summed E-state index contributed by atoms with van der Waals surface area (Å²) in [5.41, 5.74) is 3.47. The molecule has 0 aliphatic heterocycles. The van der Waals surface area contributed by atoms with Crippen LogP contribution < -0.4 is 10.1 Å². The number of benzene rings is 2. The van der Waals surface area contributed by atoms with Crippen LogP contribution in [0.4, 0.5) is 0 Å². The highest BCUT2D eigenvalue weighted by Crippen LogP contribution is 2.13. The SMILES string of the molecule is Cc1ccc(CNC(=O)c2nnc(CN(C)CCOc3ccc(C)cc3)s2)cc1. The van der Waals surface area contributed by atoms with Crippen molar-refractivity contribution in [3.63, 3.8) is 0 Å². The first-order valence-electron chi connectivity index (χ1n) is 9.54. The minimum absolute atomic E-state index is 0.195. The molecule has 0 spiro atoms. The molecule has 1 N–H and O–H groups in total. The normalized spacial score (nSPS) is 10.9. The molecular weight excluding hydrogens is 384 g/mol. The highest BCUT2D eigenvalue weighted by Gasteiger charge is 2.13. The van der Waals surface area contributed by atoms with Crippen LogP contribution in [0.5, 0.6) is 5.75 Å². The van der Waals surface area contributed by atoms with Gasteiger partial charge in [0.15, 0.2) is 0 Å². The van der Waals surface area contributed by atoms with E-state index in [1.807, 2.05) is 62.5 Å². The molecule has 29 heavy (non-hydrogen) atoms. The molecule has 3 aromatic rings. The third kappa shape index (κ3) is 6.66. The Morgan fingerprint density at radius 2 is 1.69 bits per heavy atom. The van der Waals surface area contributed by atoms with Crippen LogP contribution in [0.3, 0.4) is 0 Å². The molecule has 0 fully saturated rings. The maximum atomic E-state index is 12.3. The highest BCUT2D eigenvalue weighted by atomic mass is 32.1. The van der Waals surface area contributed by atoms with Crippen LogP contribution in [0.15, 0.2) is 48.5 Å². The number of nitrogens with one attached hydrogen (secondary N) is 1. The van der Waals surface area contributed by atoms with Crippen molar-refractivity contribution in [3.05, 3.63) is 75.2 Å². The highest BCUT2D eigenvalue weighted by molar-refractivity contribution is 7.13. The van der Waals surface area contributed by atoms with Crippen molar-refractivity contribution >= 4 is 17.2 Å². The average molecular weight is 411 g/mol. The van der Waals surface area contributed by atoms with E-state index >= 15 is 0 Å². The second-order valence-corrected chi connectivity index (χ2v) is 8.13.